The largest absolute Gasteiger partial charge is 0.354 e. The number of aliphatic imine (C=N–C) groups is 1. The van der Waals surface area contributed by atoms with Gasteiger partial charge < -0.3 is 10.6 Å². The highest BCUT2D eigenvalue weighted by Gasteiger charge is 2.11. The van der Waals surface area contributed by atoms with Crippen LogP contribution in [0.3, 0.4) is 0 Å². The average Bonchev–Trinajstić information content (AvgIpc) is 2.81. The molecule has 2 N–H and O–H groups in total. The Morgan fingerprint density at radius 1 is 1.69 bits per heavy atom. The third-order valence-electron chi connectivity index (χ3n) is 2.39. The van der Waals surface area contributed by atoms with Gasteiger partial charge in [0, 0.05) is 6.54 Å². The minimum absolute atomic E-state index is 0.617. The van der Waals surface area contributed by atoms with Crippen LogP contribution in [-0.2, 0) is 0 Å². The lowest BCUT2D eigenvalue weighted by atomic mass is 10.1. The normalized spacial score (nSPS) is 17.4. The van der Waals surface area contributed by atoms with Crippen molar-refractivity contribution in [3.05, 3.63) is 35.0 Å². The van der Waals surface area contributed by atoms with E-state index in [1.807, 2.05) is 13.0 Å². The summed E-state index contributed by atoms with van der Waals surface area (Å²) in [6, 6.07) is 0. The zero-order valence-electron chi connectivity index (χ0n) is 9.81. The average molecular weight is 240 g/mol. The molecule has 1 rings (SSSR count). The lowest BCUT2D eigenvalue weighted by Crippen LogP contribution is -2.34. The van der Waals surface area contributed by atoms with Crippen molar-refractivity contribution in [2.75, 3.05) is 13.1 Å². The van der Waals surface area contributed by atoms with Gasteiger partial charge in [-0.05, 0) is 25.0 Å². The highest BCUT2D eigenvalue weighted by Crippen LogP contribution is 2.19. The standard InChI is InChI=1S/C12H18ClN3/c1-4-9(5-2)11(10(13)6-3)16-12-14-7-8-15-12/h4,6H,3,5,7-8H2,1-2H3,(H2,14,15,16)/b9-4-,11-10-. The smallest absolute Gasteiger partial charge is 0.195 e. The fourth-order valence-electron chi connectivity index (χ4n) is 1.52. The van der Waals surface area contributed by atoms with E-state index >= 15 is 0 Å². The first-order chi connectivity index (χ1) is 7.72. The highest BCUT2D eigenvalue weighted by atomic mass is 35.5. The van der Waals surface area contributed by atoms with Gasteiger partial charge in [0.05, 0.1) is 17.3 Å². The quantitative estimate of drug-likeness (QED) is 0.740. The van der Waals surface area contributed by atoms with Crippen molar-refractivity contribution in [3.63, 3.8) is 0 Å². The third-order valence-corrected chi connectivity index (χ3v) is 2.73. The maximum Gasteiger partial charge on any atom is 0.195 e. The summed E-state index contributed by atoms with van der Waals surface area (Å²) in [5.41, 5.74) is 2.04. The molecule has 0 atom stereocenters. The van der Waals surface area contributed by atoms with E-state index in [0.29, 0.717) is 5.03 Å². The lowest BCUT2D eigenvalue weighted by Gasteiger charge is -2.14. The van der Waals surface area contributed by atoms with Gasteiger partial charge in [-0.3, -0.25) is 4.99 Å². The van der Waals surface area contributed by atoms with Crippen molar-refractivity contribution in [1.82, 2.24) is 10.6 Å². The molecule has 0 amide bonds. The maximum absolute atomic E-state index is 6.14. The molecule has 0 aromatic heterocycles. The second-order valence-corrected chi connectivity index (χ2v) is 3.78. The fourth-order valence-corrected chi connectivity index (χ4v) is 1.69. The van der Waals surface area contributed by atoms with Crippen molar-refractivity contribution in [1.29, 1.82) is 0 Å². The molecule has 0 saturated heterocycles. The second kappa shape index (κ2) is 6.38. The number of rotatable bonds is 4. The third kappa shape index (κ3) is 3.14. The molecular weight excluding hydrogens is 222 g/mol. The van der Waals surface area contributed by atoms with E-state index < -0.39 is 0 Å². The van der Waals surface area contributed by atoms with E-state index in [-0.39, 0.29) is 0 Å². The van der Waals surface area contributed by atoms with Gasteiger partial charge in [-0.2, -0.15) is 0 Å². The first-order valence-corrected chi connectivity index (χ1v) is 5.83. The van der Waals surface area contributed by atoms with Crippen LogP contribution in [0.1, 0.15) is 20.3 Å². The number of halogens is 1. The van der Waals surface area contributed by atoms with Crippen LogP contribution in [0.5, 0.6) is 0 Å². The Hall–Kier alpha value is -1.22. The molecule has 3 nitrogen and oxygen atoms in total. The molecule has 0 aliphatic carbocycles. The molecule has 88 valence electrons. The van der Waals surface area contributed by atoms with Crippen LogP contribution in [-0.4, -0.2) is 19.0 Å². The molecule has 0 bridgehead atoms. The Kier molecular flexibility index (Phi) is 5.12. The van der Waals surface area contributed by atoms with Crippen LogP contribution in [0, 0.1) is 0 Å². The van der Waals surface area contributed by atoms with Crippen LogP contribution in [0.25, 0.3) is 0 Å². The molecule has 1 aliphatic rings. The van der Waals surface area contributed by atoms with Gasteiger partial charge in [-0.1, -0.05) is 31.2 Å². The van der Waals surface area contributed by atoms with Crippen molar-refractivity contribution < 1.29 is 0 Å². The fraction of sp³-hybridized carbons (Fsp3) is 0.417. The molecular formula is C12H18ClN3. The monoisotopic (exact) mass is 239 g/mol. The summed E-state index contributed by atoms with van der Waals surface area (Å²) in [6.45, 7) is 9.46. The van der Waals surface area contributed by atoms with E-state index in [2.05, 4.69) is 29.1 Å². The van der Waals surface area contributed by atoms with E-state index in [9.17, 15) is 0 Å². The molecule has 0 aromatic carbocycles. The molecule has 1 aliphatic heterocycles. The van der Waals surface area contributed by atoms with Crippen molar-refractivity contribution in [3.8, 4) is 0 Å². The van der Waals surface area contributed by atoms with E-state index in [1.54, 1.807) is 6.08 Å². The summed E-state index contributed by atoms with van der Waals surface area (Å²) < 4.78 is 0. The predicted octanol–water partition coefficient (Wildman–Crippen LogP) is 2.53. The van der Waals surface area contributed by atoms with Gasteiger partial charge in [-0.25, -0.2) is 0 Å². The molecule has 1 heterocycles. The van der Waals surface area contributed by atoms with Crippen LogP contribution in [0.15, 0.2) is 40.0 Å². The number of guanidine groups is 1. The molecule has 0 radical (unpaired) electrons. The van der Waals surface area contributed by atoms with Crippen molar-refractivity contribution in [2.45, 2.75) is 20.3 Å². The SMILES string of the molecule is C=C/C(Cl)=C(NC1=NCCN1)\C(=C/C)CC. The molecule has 0 aromatic rings. The first-order valence-electron chi connectivity index (χ1n) is 5.46. The number of nitrogens with zero attached hydrogens (tertiary/aromatic N) is 1. The molecule has 0 fully saturated rings. The lowest BCUT2D eigenvalue weighted by molar-refractivity contribution is 0.932. The maximum atomic E-state index is 6.14. The summed E-state index contributed by atoms with van der Waals surface area (Å²) in [5, 5.41) is 6.99. The van der Waals surface area contributed by atoms with Gasteiger partial charge in [0.1, 0.15) is 0 Å². The van der Waals surface area contributed by atoms with Crippen molar-refractivity contribution >= 4 is 17.6 Å². The Balaban J connectivity index is 2.92. The summed E-state index contributed by atoms with van der Waals surface area (Å²) >= 11 is 6.14. The molecule has 16 heavy (non-hydrogen) atoms. The Morgan fingerprint density at radius 2 is 2.44 bits per heavy atom. The number of allylic oxidation sites excluding steroid dienone is 4. The van der Waals surface area contributed by atoms with Crippen LogP contribution in [0.2, 0.25) is 0 Å². The molecule has 0 saturated carbocycles. The highest BCUT2D eigenvalue weighted by molar-refractivity contribution is 6.31. The topological polar surface area (TPSA) is 36.4 Å². The Morgan fingerprint density at radius 3 is 2.88 bits per heavy atom. The molecule has 0 spiro atoms. The van der Waals surface area contributed by atoms with Gasteiger partial charge in [0.25, 0.3) is 0 Å². The van der Waals surface area contributed by atoms with Gasteiger partial charge in [-0.15, -0.1) is 0 Å². The summed E-state index contributed by atoms with van der Waals surface area (Å²) in [6.07, 6.45) is 4.60. The van der Waals surface area contributed by atoms with Crippen molar-refractivity contribution in [2.24, 2.45) is 4.99 Å². The number of hydrogen-bond acceptors (Lipinski definition) is 3. The summed E-state index contributed by atoms with van der Waals surface area (Å²) in [4.78, 5) is 4.28. The minimum atomic E-state index is 0.617. The number of nitrogens with one attached hydrogen (secondary N) is 2. The van der Waals surface area contributed by atoms with Crippen LogP contribution < -0.4 is 10.6 Å². The van der Waals surface area contributed by atoms with Crippen LogP contribution >= 0.6 is 11.6 Å². The summed E-state index contributed by atoms with van der Waals surface area (Å²) in [5.74, 6) is 0.780. The van der Waals surface area contributed by atoms with E-state index in [4.69, 9.17) is 11.6 Å². The zero-order chi connectivity index (χ0) is 12.0. The predicted molar refractivity (Wildman–Crippen MR) is 70.6 cm³/mol. The van der Waals surface area contributed by atoms with Gasteiger partial charge >= 0.3 is 0 Å². The van der Waals surface area contributed by atoms with E-state index in [0.717, 1.165) is 36.7 Å². The summed E-state index contributed by atoms with van der Waals surface area (Å²) in [7, 11) is 0. The Bertz CT molecular complexity index is 353. The molecule has 4 heteroatoms. The number of hydrogen-bond donors (Lipinski definition) is 2. The first kappa shape index (κ1) is 12.8. The molecule has 0 unspecified atom stereocenters. The second-order valence-electron chi connectivity index (χ2n) is 3.38. The van der Waals surface area contributed by atoms with E-state index in [1.165, 1.54) is 0 Å². The zero-order valence-corrected chi connectivity index (χ0v) is 10.6. The van der Waals surface area contributed by atoms with Gasteiger partial charge in [0.15, 0.2) is 5.96 Å². The minimum Gasteiger partial charge on any atom is -0.354 e. The van der Waals surface area contributed by atoms with Gasteiger partial charge in [0.2, 0.25) is 0 Å². The van der Waals surface area contributed by atoms with Crippen LogP contribution in [0.4, 0.5) is 0 Å². The Labute approximate surface area is 102 Å².